The molecule has 3 heteroatoms. The largest absolute Gasteiger partial charge is 0.507 e. The van der Waals surface area contributed by atoms with E-state index in [2.05, 4.69) is 43.9 Å². The van der Waals surface area contributed by atoms with Crippen LogP contribution in [0.25, 0.3) is 0 Å². The molecule has 2 fully saturated rings. The van der Waals surface area contributed by atoms with Gasteiger partial charge in [-0.3, -0.25) is 4.79 Å². The maximum atomic E-state index is 12.7. The van der Waals surface area contributed by atoms with E-state index in [1.165, 1.54) is 38.5 Å². The Kier molecular flexibility index (Phi) is 9.82. The van der Waals surface area contributed by atoms with Crippen molar-refractivity contribution in [1.82, 2.24) is 0 Å². The predicted octanol–water partition coefficient (Wildman–Crippen LogP) is 8.55. The van der Waals surface area contributed by atoms with Crippen LogP contribution >= 0.6 is 0 Å². The van der Waals surface area contributed by atoms with Crippen LogP contribution in [-0.4, -0.2) is 17.5 Å². The Labute approximate surface area is 223 Å². The number of phenolic OH excluding ortho intramolecular Hbond substituents is 1. The number of phenols is 1. The molecule has 37 heavy (non-hydrogen) atoms. The summed E-state index contributed by atoms with van der Waals surface area (Å²) in [5.74, 6) is 3.27. The van der Waals surface area contributed by atoms with Crippen molar-refractivity contribution in [2.45, 2.75) is 58.3 Å². The summed E-state index contributed by atoms with van der Waals surface area (Å²) in [5.41, 5.74) is 0.860. The second-order valence-electron chi connectivity index (χ2n) is 10.9. The highest BCUT2D eigenvalue weighted by Gasteiger charge is 2.32. The Morgan fingerprint density at radius 2 is 1.78 bits per heavy atom. The standard InChI is InChI=1S/C34H42O3/c1-3-5-6-8-13-29-21-27(17-16-26-15-14-25(4-2)20-26)22-30(29)24-37-31-18-19-32(33(35)23-31)34(36)28-11-9-7-10-12-28/h4,7-13,16-19,23,25-27,29-30,35H,2-3,5-6,14-15,20-22,24H2,1H3/b13-8+,17-16+. The van der Waals surface area contributed by atoms with Gasteiger partial charge in [0.2, 0.25) is 0 Å². The highest BCUT2D eigenvalue weighted by Crippen LogP contribution is 2.40. The molecule has 1 N–H and O–H groups in total. The first-order valence-electron chi connectivity index (χ1n) is 14.1. The van der Waals surface area contributed by atoms with Crippen molar-refractivity contribution < 1.29 is 14.6 Å². The Hall–Kier alpha value is -3.07. The summed E-state index contributed by atoms with van der Waals surface area (Å²) >= 11 is 0. The molecule has 3 nitrogen and oxygen atoms in total. The third-order valence-electron chi connectivity index (χ3n) is 8.11. The molecule has 2 aromatic carbocycles. The molecule has 0 heterocycles. The molecule has 2 aliphatic rings. The SMILES string of the molecule is C=CC1CCC(/C=C/C2CC(/C=C/CCCC)C(COc3ccc(C(=O)c4ccccc4)c(O)c3)C2)C1. The lowest BCUT2D eigenvalue weighted by Gasteiger charge is -2.17. The van der Waals surface area contributed by atoms with Gasteiger partial charge in [-0.1, -0.05) is 80.5 Å². The second kappa shape index (κ2) is 13.5. The first-order valence-corrected chi connectivity index (χ1v) is 14.1. The van der Waals surface area contributed by atoms with E-state index >= 15 is 0 Å². The lowest BCUT2D eigenvalue weighted by Crippen LogP contribution is -2.15. The van der Waals surface area contributed by atoms with Gasteiger partial charge in [-0.15, -0.1) is 6.58 Å². The molecule has 0 aliphatic heterocycles. The van der Waals surface area contributed by atoms with Crippen LogP contribution in [0.15, 0.2) is 85.5 Å². The van der Waals surface area contributed by atoms with E-state index in [1.54, 1.807) is 30.3 Å². The number of ether oxygens (including phenoxy) is 1. The third kappa shape index (κ3) is 7.47. The zero-order valence-corrected chi connectivity index (χ0v) is 22.2. The fraction of sp³-hybridized carbons (Fsp3) is 0.441. The van der Waals surface area contributed by atoms with Crippen LogP contribution < -0.4 is 4.74 Å². The van der Waals surface area contributed by atoms with Crippen molar-refractivity contribution >= 4 is 5.78 Å². The molecule has 5 unspecified atom stereocenters. The third-order valence-corrected chi connectivity index (χ3v) is 8.11. The van der Waals surface area contributed by atoms with E-state index in [1.807, 2.05) is 18.2 Å². The Bertz CT molecular complexity index is 1080. The summed E-state index contributed by atoms with van der Waals surface area (Å²) in [6.07, 6.45) is 21.5. The van der Waals surface area contributed by atoms with Crippen LogP contribution in [0.5, 0.6) is 11.5 Å². The van der Waals surface area contributed by atoms with Gasteiger partial charge in [0.05, 0.1) is 12.2 Å². The van der Waals surface area contributed by atoms with E-state index in [-0.39, 0.29) is 11.5 Å². The number of allylic oxidation sites excluding steroid dienone is 5. The minimum Gasteiger partial charge on any atom is -0.507 e. The van der Waals surface area contributed by atoms with Crippen molar-refractivity contribution in [3.8, 4) is 11.5 Å². The zero-order valence-electron chi connectivity index (χ0n) is 22.2. The normalized spacial score (nSPS) is 25.7. The Balaban J connectivity index is 1.38. The van der Waals surface area contributed by atoms with Gasteiger partial charge in [0.15, 0.2) is 5.78 Å². The van der Waals surface area contributed by atoms with Gasteiger partial charge in [-0.25, -0.2) is 0 Å². The molecule has 0 radical (unpaired) electrons. The molecule has 0 saturated heterocycles. The van der Waals surface area contributed by atoms with E-state index in [0.717, 1.165) is 12.8 Å². The Morgan fingerprint density at radius 1 is 1.00 bits per heavy atom. The molecule has 4 rings (SSSR count). The van der Waals surface area contributed by atoms with Crippen LogP contribution in [0.1, 0.15) is 74.2 Å². The van der Waals surface area contributed by atoms with Crippen LogP contribution in [-0.2, 0) is 0 Å². The highest BCUT2D eigenvalue weighted by atomic mass is 16.5. The number of aromatic hydroxyl groups is 1. The summed E-state index contributed by atoms with van der Waals surface area (Å²) in [4.78, 5) is 12.7. The summed E-state index contributed by atoms with van der Waals surface area (Å²) in [7, 11) is 0. The van der Waals surface area contributed by atoms with E-state index in [4.69, 9.17) is 4.74 Å². The summed E-state index contributed by atoms with van der Waals surface area (Å²) in [6, 6.07) is 14.1. The summed E-state index contributed by atoms with van der Waals surface area (Å²) in [5, 5.41) is 10.6. The monoisotopic (exact) mass is 498 g/mol. The molecule has 0 spiro atoms. The number of rotatable bonds is 12. The number of hydrogen-bond donors (Lipinski definition) is 1. The molecule has 2 aromatic rings. The number of unbranched alkanes of at least 4 members (excludes halogenated alkanes) is 2. The van der Waals surface area contributed by atoms with E-state index in [9.17, 15) is 9.90 Å². The lowest BCUT2D eigenvalue weighted by atomic mass is 9.96. The van der Waals surface area contributed by atoms with Gasteiger partial charge < -0.3 is 9.84 Å². The maximum absolute atomic E-state index is 12.7. The fourth-order valence-electron chi connectivity index (χ4n) is 5.88. The molecular weight excluding hydrogens is 456 g/mol. The zero-order chi connectivity index (χ0) is 26.0. The number of carbonyl (C=O) groups is 1. The average Bonchev–Trinajstić information content (AvgIpc) is 3.55. The topological polar surface area (TPSA) is 46.5 Å². The van der Waals surface area contributed by atoms with Crippen molar-refractivity contribution in [2.24, 2.45) is 29.6 Å². The fourth-order valence-corrected chi connectivity index (χ4v) is 5.88. The van der Waals surface area contributed by atoms with Crippen LogP contribution in [0.2, 0.25) is 0 Å². The summed E-state index contributed by atoms with van der Waals surface area (Å²) < 4.78 is 6.18. The van der Waals surface area contributed by atoms with Gasteiger partial charge in [0, 0.05) is 11.6 Å². The van der Waals surface area contributed by atoms with E-state index < -0.39 is 0 Å². The van der Waals surface area contributed by atoms with Crippen molar-refractivity contribution in [2.75, 3.05) is 6.61 Å². The molecule has 0 aromatic heterocycles. The van der Waals surface area contributed by atoms with Gasteiger partial charge in [0.1, 0.15) is 11.5 Å². The number of hydrogen-bond acceptors (Lipinski definition) is 3. The van der Waals surface area contributed by atoms with Gasteiger partial charge in [0.25, 0.3) is 0 Å². The Morgan fingerprint density at radius 3 is 2.51 bits per heavy atom. The van der Waals surface area contributed by atoms with E-state index in [0.29, 0.717) is 53.1 Å². The average molecular weight is 499 g/mol. The quantitative estimate of drug-likeness (QED) is 0.181. The van der Waals surface area contributed by atoms with Crippen LogP contribution in [0, 0.1) is 29.6 Å². The van der Waals surface area contributed by atoms with Gasteiger partial charge >= 0.3 is 0 Å². The maximum Gasteiger partial charge on any atom is 0.196 e. The molecule has 2 aliphatic carbocycles. The lowest BCUT2D eigenvalue weighted by molar-refractivity contribution is 0.103. The van der Waals surface area contributed by atoms with Crippen molar-refractivity contribution in [3.63, 3.8) is 0 Å². The number of benzene rings is 2. The van der Waals surface area contributed by atoms with Crippen LogP contribution in [0.4, 0.5) is 0 Å². The first kappa shape index (κ1) is 27.0. The molecule has 0 bridgehead atoms. The van der Waals surface area contributed by atoms with Crippen LogP contribution in [0.3, 0.4) is 0 Å². The molecule has 196 valence electrons. The van der Waals surface area contributed by atoms with Crippen molar-refractivity contribution in [3.05, 3.63) is 96.6 Å². The second-order valence-corrected chi connectivity index (χ2v) is 10.9. The molecular formula is C34H42O3. The molecule has 0 amide bonds. The van der Waals surface area contributed by atoms with Gasteiger partial charge in [-0.2, -0.15) is 0 Å². The number of carbonyl (C=O) groups excluding carboxylic acids is 1. The molecule has 2 saturated carbocycles. The minimum absolute atomic E-state index is 0.0380. The summed E-state index contributed by atoms with van der Waals surface area (Å²) in [6.45, 7) is 6.82. The molecule has 5 atom stereocenters. The van der Waals surface area contributed by atoms with Gasteiger partial charge in [-0.05, 0) is 80.2 Å². The highest BCUT2D eigenvalue weighted by molar-refractivity contribution is 6.10. The van der Waals surface area contributed by atoms with Crippen molar-refractivity contribution in [1.29, 1.82) is 0 Å². The first-order chi connectivity index (χ1) is 18.1. The smallest absolute Gasteiger partial charge is 0.196 e. The minimum atomic E-state index is -0.186. The predicted molar refractivity (Wildman–Crippen MR) is 152 cm³/mol. The number of ketones is 1.